The topological polar surface area (TPSA) is 49.0 Å². The number of piperidine rings is 1. The van der Waals surface area contributed by atoms with Crippen LogP contribution in [0.1, 0.15) is 37.0 Å². The number of aromatic nitrogens is 2. The molecule has 2 rings (SSSR count). The Morgan fingerprint density at radius 2 is 2.13 bits per heavy atom. The molecule has 4 heteroatoms. The average Bonchev–Trinajstić information content (AvgIpc) is 2.69. The molecule has 15 heavy (non-hydrogen) atoms. The summed E-state index contributed by atoms with van der Waals surface area (Å²) < 4.78 is 0. The Balaban J connectivity index is 2.00. The van der Waals surface area contributed by atoms with Crippen molar-refractivity contribution in [1.82, 2.24) is 15.1 Å². The quantitative estimate of drug-likeness (QED) is 0.761. The predicted molar refractivity (Wildman–Crippen MR) is 57.5 cm³/mol. The fourth-order valence-corrected chi connectivity index (χ4v) is 1.87. The van der Waals surface area contributed by atoms with E-state index in [-0.39, 0.29) is 5.91 Å². The van der Waals surface area contributed by atoms with E-state index < -0.39 is 0 Å². The van der Waals surface area contributed by atoms with E-state index in [9.17, 15) is 4.79 Å². The molecule has 1 aliphatic heterocycles. The zero-order chi connectivity index (χ0) is 10.9. The highest BCUT2D eigenvalue weighted by Crippen LogP contribution is 2.30. The van der Waals surface area contributed by atoms with E-state index in [4.69, 9.17) is 0 Å². The summed E-state index contributed by atoms with van der Waals surface area (Å²) in [6, 6.07) is 0. The van der Waals surface area contributed by atoms with Gasteiger partial charge in [-0.25, -0.2) is 0 Å². The number of amides is 1. The second kappa shape index (κ2) is 3.68. The molecule has 0 bridgehead atoms. The molecule has 0 spiro atoms. The zero-order valence-corrected chi connectivity index (χ0v) is 9.29. The van der Waals surface area contributed by atoms with Gasteiger partial charge in [0.1, 0.15) is 0 Å². The van der Waals surface area contributed by atoms with E-state index >= 15 is 0 Å². The maximum atomic E-state index is 11.9. The lowest BCUT2D eigenvalue weighted by atomic mass is 9.82. The van der Waals surface area contributed by atoms with Crippen LogP contribution in [-0.4, -0.2) is 34.1 Å². The summed E-state index contributed by atoms with van der Waals surface area (Å²) in [5.74, 6) is 0.0965. The maximum Gasteiger partial charge on any atom is 0.257 e. The third-order valence-electron chi connectivity index (χ3n) is 3.15. The van der Waals surface area contributed by atoms with E-state index in [1.54, 1.807) is 12.4 Å². The number of likely N-dealkylation sites (tertiary alicyclic amines) is 1. The van der Waals surface area contributed by atoms with Gasteiger partial charge in [0, 0.05) is 19.3 Å². The predicted octanol–water partition coefficient (Wildman–Crippen LogP) is 1.67. The van der Waals surface area contributed by atoms with Gasteiger partial charge in [-0.1, -0.05) is 13.8 Å². The van der Waals surface area contributed by atoms with Crippen molar-refractivity contribution in [3.8, 4) is 0 Å². The van der Waals surface area contributed by atoms with Crippen LogP contribution in [0.25, 0.3) is 0 Å². The largest absolute Gasteiger partial charge is 0.339 e. The SMILES string of the molecule is CC1(C)CCN(C(=O)c2cn[nH]c2)CC1. The summed E-state index contributed by atoms with van der Waals surface area (Å²) in [4.78, 5) is 13.9. The minimum atomic E-state index is 0.0965. The summed E-state index contributed by atoms with van der Waals surface area (Å²) in [6.45, 7) is 6.23. The first-order chi connectivity index (χ1) is 7.08. The van der Waals surface area contributed by atoms with E-state index in [0.29, 0.717) is 11.0 Å². The Morgan fingerprint density at radius 1 is 1.47 bits per heavy atom. The van der Waals surface area contributed by atoms with E-state index in [2.05, 4.69) is 24.0 Å². The molecule has 82 valence electrons. The van der Waals surface area contributed by atoms with Crippen LogP contribution < -0.4 is 0 Å². The molecule has 1 amide bonds. The summed E-state index contributed by atoms with van der Waals surface area (Å²) in [5.41, 5.74) is 1.04. The van der Waals surface area contributed by atoms with Gasteiger partial charge >= 0.3 is 0 Å². The van der Waals surface area contributed by atoms with Gasteiger partial charge in [0.2, 0.25) is 0 Å². The van der Waals surface area contributed by atoms with E-state index in [0.717, 1.165) is 25.9 Å². The van der Waals surface area contributed by atoms with Crippen molar-refractivity contribution < 1.29 is 4.79 Å². The molecule has 1 fully saturated rings. The molecular weight excluding hydrogens is 190 g/mol. The molecule has 0 unspecified atom stereocenters. The van der Waals surface area contributed by atoms with Crippen molar-refractivity contribution >= 4 is 5.91 Å². The number of rotatable bonds is 1. The molecule has 1 aromatic heterocycles. The van der Waals surface area contributed by atoms with Crippen molar-refractivity contribution in [2.24, 2.45) is 5.41 Å². The Kier molecular flexibility index (Phi) is 2.50. The minimum Gasteiger partial charge on any atom is -0.339 e. The third kappa shape index (κ3) is 2.19. The van der Waals surface area contributed by atoms with Crippen LogP contribution in [0.5, 0.6) is 0 Å². The molecule has 0 radical (unpaired) electrons. The Labute approximate surface area is 89.7 Å². The lowest BCUT2D eigenvalue weighted by molar-refractivity contribution is 0.0630. The van der Waals surface area contributed by atoms with Crippen LogP contribution in [0.2, 0.25) is 0 Å². The number of H-pyrrole nitrogens is 1. The highest BCUT2D eigenvalue weighted by Gasteiger charge is 2.28. The van der Waals surface area contributed by atoms with Crippen LogP contribution in [0, 0.1) is 5.41 Å². The second-order valence-electron chi connectivity index (χ2n) is 4.94. The first-order valence-electron chi connectivity index (χ1n) is 5.37. The normalized spacial score (nSPS) is 20.3. The molecule has 4 nitrogen and oxygen atoms in total. The van der Waals surface area contributed by atoms with E-state index in [1.165, 1.54) is 0 Å². The first-order valence-corrected chi connectivity index (χ1v) is 5.37. The van der Waals surface area contributed by atoms with Crippen molar-refractivity contribution in [3.05, 3.63) is 18.0 Å². The molecule has 0 aliphatic carbocycles. The average molecular weight is 207 g/mol. The number of aromatic amines is 1. The van der Waals surface area contributed by atoms with Crippen molar-refractivity contribution in [1.29, 1.82) is 0 Å². The zero-order valence-electron chi connectivity index (χ0n) is 9.29. The third-order valence-corrected chi connectivity index (χ3v) is 3.15. The van der Waals surface area contributed by atoms with Crippen molar-refractivity contribution in [3.63, 3.8) is 0 Å². The van der Waals surface area contributed by atoms with Crippen molar-refractivity contribution in [2.45, 2.75) is 26.7 Å². The minimum absolute atomic E-state index is 0.0965. The standard InChI is InChI=1S/C11H17N3O/c1-11(2)3-5-14(6-4-11)10(15)9-7-12-13-8-9/h7-8H,3-6H2,1-2H3,(H,12,13). The molecule has 0 atom stereocenters. The number of nitrogens with one attached hydrogen (secondary N) is 1. The van der Waals surface area contributed by atoms with Gasteiger partial charge in [0.25, 0.3) is 5.91 Å². The Hall–Kier alpha value is -1.32. The van der Waals surface area contributed by atoms with Gasteiger partial charge in [-0.05, 0) is 18.3 Å². The lowest BCUT2D eigenvalue weighted by Crippen LogP contribution is -2.41. The number of carbonyl (C=O) groups is 1. The van der Waals surface area contributed by atoms with Crippen LogP contribution in [0.4, 0.5) is 0 Å². The molecule has 1 saturated heterocycles. The smallest absolute Gasteiger partial charge is 0.257 e. The summed E-state index contributed by atoms with van der Waals surface area (Å²) in [5, 5.41) is 6.46. The fraction of sp³-hybridized carbons (Fsp3) is 0.636. The fourth-order valence-electron chi connectivity index (χ4n) is 1.87. The summed E-state index contributed by atoms with van der Waals surface area (Å²) >= 11 is 0. The van der Waals surface area contributed by atoms with Crippen LogP contribution in [-0.2, 0) is 0 Å². The maximum absolute atomic E-state index is 11.9. The molecule has 1 aromatic rings. The number of hydrogen-bond acceptors (Lipinski definition) is 2. The van der Waals surface area contributed by atoms with Gasteiger partial charge in [-0.2, -0.15) is 5.10 Å². The molecule has 0 saturated carbocycles. The molecular formula is C11H17N3O. The van der Waals surface area contributed by atoms with Gasteiger partial charge in [-0.3, -0.25) is 9.89 Å². The van der Waals surface area contributed by atoms with Gasteiger partial charge in [0.15, 0.2) is 0 Å². The van der Waals surface area contributed by atoms with Crippen LogP contribution >= 0.6 is 0 Å². The monoisotopic (exact) mass is 207 g/mol. The van der Waals surface area contributed by atoms with Gasteiger partial charge in [0.05, 0.1) is 11.8 Å². The summed E-state index contributed by atoms with van der Waals surface area (Å²) in [6.07, 6.45) is 5.40. The number of hydrogen-bond donors (Lipinski definition) is 1. The van der Waals surface area contributed by atoms with Gasteiger partial charge < -0.3 is 4.90 Å². The van der Waals surface area contributed by atoms with Crippen molar-refractivity contribution in [2.75, 3.05) is 13.1 Å². The van der Waals surface area contributed by atoms with Crippen LogP contribution in [0.3, 0.4) is 0 Å². The lowest BCUT2D eigenvalue weighted by Gasteiger charge is -2.36. The molecule has 1 aliphatic rings. The number of nitrogens with zero attached hydrogens (tertiary/aromatic N) is 2. The Morgan fingerprint density at radius 3 is 2.67 bits per heavy atom. The highest BCUT2D eigenvalue weighted by molar-refractivity contribution is 5.93. The molecule has 1 N–H and O–H groups in total. The summed E-state index contributed by atoms with van der Waals surface area (Å²) in [7, 11) is 0. The van der Waals surface area contributed by atoms with Gasteiger partial charge in [-0.15, -0.1) is 0 Å². The first kappa shape index (κ1) is 10.2. The van der Waals surface area contributed by atoms with E-state index in [1.807, 2.05) is 4.90 Å². The second-order valence-corrected chi connectivity index (χ2v) is 4.94. The highest BCUT2D eigenvalue weighted by atomic mass is 16.2. The molecule has 0 aromatic carbocycles. The van der Waals surface area contributed by atoms with Crippen LogP contribution in [0.15, 0.2) is 12.4 Å². The molecule has 2 heterocycles. The number of carbonyl (C=O) groups excluding carboxylic acids is 1. The Bertz CT molecular complexity index is 333.